The van der Waals surface area contributed by atoms with E-state index in [2.05, 4.69) is 20.9 Å². The molecule has 0 radical (unpaired) electrons. The summed E-state index contributed by atoms with van der Waals surface area (Å²) < 4.78 is 17.3. The van der Waals surface area contributed by atoms with Crippen molar-refractivity contribution in [1.29, 1.82) is 0 Å². The van der Waals surface area contributed by atoms with Crippen LogP contribution < -0.4 is 0 Å². The average molecular weight is 264 g/mol. The first-order valence-electron chi connectivity index (χ1n) is 3.79. The molecule has 0 saturated carbocycles. The number of pyridine rings is 1. The lowest BCUT2D eigenvalue weighted by Gasteiger charge is -2.05. The molecule has 0 fully saturated rings. The van der Waals surface area contributed by atoms with Crippen molar-refractivity contribution in [2.45, 2.75) is 24.8 Å². The molecule has 1 atom stereocenters. The van der Waals surface area contributed by atoms with Gasteiger partial charge >= 0.3 is 0 Å². The number of rotatable bonds is 3. The maximum Gasteiger partial charge on any atom is 0.191 e. The Balaban J connectivity index is 2.77. The van der Waals surface area contributed by atoms with Gasteiger partial charge in [0.1, 0.15) is 0 Å². The maximum absolute atomic E-state index is 11.4. The van der Waals surface area contributed by atoms with Gasteiger partial charge in [-0.3, -0.25) is 9.17 Å². The minimum atomic E-state index is -1.42. The second-order valence-electron chi connectivity index (χ2n) is 2.72. The largest absolute Gasteiger partial charge is 0.284 e. The number of aromatic nitrogens is 1. The number of nitrogens with zero attached hydrogens (tertiary/aromatic N) is 1. The zero-order chi connectivity index (χ0) is 9.84. The lowest BCUT2D eigenvalue weighted by molar-refractivity contribution is 0.269. The van der Waals surface area contributed by atoms with Crippen molar-refractivity contribution in [2.75, 3.05) is 0 Å². The molecule has 0 N–H and O–H groups in total. The molecule has 0 aliphatic heterocycles. The van der Waals surface area contributed by atoms with Crippen molar-refractivity contribution >= 4 is 27.0 Å². The number of hydrogen-bond donors (Lipinski definition) is 0. The van der Waals surface area contributed by atoms with E-state index >= 15 is 0 Å². The van der Waals surface area contributed by atoms with Crippen molar-refractivity contribution in [3.05, 3.63) is 22.9 Å². The summed E-state index contributed by atoms with van der Waals surface area (Å²) in [6, 6.07) is 1.73. The van der Waals surface area contributed by atoms with E-state index in [-0.39, 0.29) is 6.10 Å². The molecule has 0 unspecified atom stereocenters. The van der Waals surface area contributed by atoms with E-state index in [0.29, 0.717) is 4.90 Å². The molecular weight excluding hydrogens is 254 g/mol. The molecule has 0 bridgehead atoms. The summed E-state index contributed by atoms with van der Waals surface area (Å²) in [5.41, 5.74) is 0. The third-order valence-electron chi connectivity index (χ3n) is 1.15. The predicted molar refractivity (Wildman–Crippen MR) is 54.6 cm³/mol. The normalized spacial score (nSPS) is 13.2. The monoisotopic (exact) mass is 263 g/mol. The average Bonchev–Trinajstić information content (AvgIpc) is 2.03. The van der Waals surface area contributed by atoms with Gasteiger partial charge in [0.2, 0.25) is 0 Å². The molecule has 13 heavy (non-hydrogen) atoms. The van der Waals surface area contributed by atoms with Crippen LogP contribution in [-0.4, -0.2) is 15.3 Å². The molecule has 72 valence electrons. The lowest BCUT2D eigenvalue weighted by atomic mass is 10.5. The zero-order valence-corrected chi connectivity index (χ0v) is 9.76. The van der Waals surface area contributed by atoms with Crippen LogP contribution >= 0.6 is 15.9 Å². The van der Waals surface area contributed by atoms with E-state index in [0.717, 1.165) is 4.47 Å². The highest BCUT2D eigenvalue weighted by atomic mass is 79.9. The van der Waals surface area contributed by atoms with Crippen LogP contribution in [0, 0.1) is 0 Å². The van der Waals surface area contributed by atoms with Gasteiger partial charge in [0.05, 0.1) is 11.0 Å². The fourth-order valence-electron chi connectivity index (χ4n) is 0.714. The second-order valence-corrected chi connectivity index (χ2v) is 4.77. The van der Waals surface area contributed by atoms with E-state index in [9.17, 15) is 4.21 Å². The fourth-order valence-corrected chi connectivity index (χ4v) is 2.06. The van der Waals surface area contributed by atoms with Crippen molar-refractivity contribution < 1.29 is 8.39 Å². The highest BCUT2D eigenvalue weighted by Gasteiger charge is 2.07. The Hall–Kier alpha value is -0.260. The van der Waals surface area contributed by atoms with Crippen LogP contribution in [0.15, 0.2) is 27.8 Å². The van der Waals surface area contributed by atoms with Crippen LogP contribution in [0.2, 0.25) is 0 Å². The van der Waals surface area contributed by atoms with E-state index < -0.39 is 11.1 Å². The van der Waals surface area contributed by atoms with E-state index in [1.54, 1.807) is 12.3 Å². The molecule has 3 nitrogen and oxygen atoms in total. The number of halogens is 1. The smallest absolute Gasteiger partial charge is 0.191 e. The standard InChI is InChI=1S/C8H10BrNO2S/c1-6(2)12-13(11)8-3-7(9)4-10-5-8/h3-6H,1-2H3/t13-/m1/s1. The molecule has 0 saturated heterocycles. The van der Waals surface area contributed by atoms with Gasteiger partial charge < -0.3 is 0 Å². The zero-order valence-electron chi connectivity index (χ0n) is 7.36. The minimum Gasteiger partial charge on any atom is -0.284 e. The van der Waals surface area contributed by atoms with Crippen molar-refractivity contribution in [1.82, 2.24) is 4.98 Å². The van der Waals surface area contributed by atoms with Gasteiger partial charge in [0, 0.05) is 16.9 Å². The molecular formula is C8H10BrNO2S. The molecule has 0 amide bonds. The molecule has 0 aliphatic carbocycles. The van der Waals surface area contributed by atoms with Crippen molar-refractivity contribution in [2.24, 2.45) is 0 Å². The first-order valence-corrected chi connectivity index (χ1v) is 5.66. The summed E-state index contributed by atoms with van der Waals surface area (Å²) in [6.45, 7) is 3.67. The number of hydrogen-bond acceptors (Lipinski definition) is 3. The second kappa shape index (κ2) is 4.83. The highest BCUT2D eigenvalue weighted by molar-refractivity contribution is 9.10. The lowest BCUT2D eigenvalue weighted by Crippen LogP contribution is -2.06. The summed E-state index contributed by atoms with van der Waals surface area (Å²) in [4.78, 5) is 4.46. The van der Waals surface area contributed by atoms with E-state index in [4.69, 9.17) is 4.18 Å². The third kappa shape index (κ3) is 3.54. The molecule has 1 heterocycles. The van der Waals surface area contributed by atoms with Gasteiger partial charge in [-0.25, -0.2) is 4.21 Å². The summed E-state index contributed by atoms with van der Waals surface area (Å²) in [5.74, 6) is 0. The first-order chi connectivity index (χ1) is 6.09. The van der Waals surface area contributed by atoms with Crippen LogP contribution in [0.4, 0.5) is 0 Å². The molecule has 1 aromatic rings. The van der Waals surface area contributed by atoms with Gasteiger partial charge in [-0.1, -0.05) is 0 Å². The van der Waals surface area contributed by atoms with Crippen LogP contribution in [-0.2, 0) is 15.3 Å². The Kier molecular flexibility index (Phi) is 4.02. The van der Waals surface area contributed by atoms with Gasteiger partial charge in [-0.05, 0) is 35.8 Å². The van der Waals surface area contributed by atoms with Crippen molar-refractivity contribution in [3.8, 4) is 0 Å². The molecule has 5 heteroatoms. The van der Waals surface area contributed by atoms with Crippen LogP contribution in [0.5, 0.6) is 0 Å². The SMILES string of the molecule is CC(C)O[S@@](=O)c1cncc(Br)c1. The quantitative estimate of drug-likeness (QED) is 0.840. The Labute approximate surface area is 88.3 Å². The minimum absolute atomic E-state index is 0.0557. The molecule has 0 aromatic carbocycles. The summed E-state index contributed by atoms with van der Waals surface area (Å²) in [6.07, 6.45) is 3.11. The predicted octanol–water partition coefficient (Wildman–Crippen LogP) is 2.29. The van der Waals surface area contributed by atoms with Crippen LogP contribution in [0.25, 0.3) is 0 Å². The Bertz CT molecular complexity index is 317. The Morgan fingerprint density at radius 3 is 2.77 bits per heavy atom. The van der Waals surface area contributed by atoms with Gasteiger partial charge in [-0.2, -0.15) is 0 Å². The Morgan fingerprint density at radius 1 is 1.54 bits per heavy atom. The maximum atomic E-state index is 11.4. The van der Waals surface area contributed by atoms with E-state index in [1.165, 1.54) is 6.20 Å². The molecule has 1 rings (SSSR count). The third-order valence-corrected chi connectivity index (χ3v) is 2.75. The van der Waals surface area contributed by atoms with Gasteiger partial charge in [0.15, 0.2) is 11.1 Å². The first kappa shape index (κ1) is 10.8. The van der Waals surface area contributed by atoms with E-state index in [1.807, 2.05) is 13.8 Å². The highest BCUT2D eigenvalue weighted by Crippen LogP contribution is 2.14. The van der Waals surface area contributed by atoms with Crippen molar-refractivity contribution in [3.63, 3.8) is 0 Å². The summed E-state index contributed by atoms with van der Waals surface area (Å²) >= 11 is 1.83. The summed E-state index contributed by atoms with van der Waals surface area (Å²) in [5, 5.41) is 0. The molecule has 1 aromatic heterocycles. The summed E-state index contributed by atoms with van der Waals surface area (Å²) in [7, 11) is 0. The van der Waals surface area contributed by atoms with Gasteiger partial charge in [-0.15, -0.1) is 0 Å². The Morgan fingerprint density at radius 2 is 2.23 bits per heavy atom. The molecule has 0 aliphatic rings. The fraction of sp³-hybridized carbons (Fsp3) is 0.375. The van der Waals surface area contributed by atoms with Gasteiger partial charge in [0.25, 0.3) is 0 Å². The molecule has 0 spiro atoms. The topological polar surface area (TPSA) is 39.2 Å². The van der Waals surface area contributed by atoms with Crippen LogP contribution in [0.1, 0.15) is 13.8 Å². The van der Waals surface area contributed by atoms with Crippen LogP contribution in [0.3, 0.4) is 0 Å².